The van der Waals surface area contributed by atoms with Crippen molar-refractivity contribution in [1.29, 1.82) is 0 Å². The molecule has 0 heterocycles. The number of benzene rings is 2. The van der Waals surface area contributed by atoms with Crippen LogP contribution in [-0.4, -0.2) is 12.6 Å². The average molecular weight is 282 g/mol. The highest BCUT2D eigenvalue weighted by atomic mass is 16.5. The summed E-state index contributed by atoms with van der Waals surface area (Å²) in [7, 11) is 0. The molecule has 0 saturated carbocycles. The lowest BCUT2D eigenvalue weighted by Gasteiger charge is -2.14. The number of hydrogen-bond acceptors (Lipinski definition) is 2. The maximum atomic E-state index is 10.7. The average Bonchev–Trinajstić information content (AvgIpc) is 2.50. The van der Waals surface area contributed by atoms with Gasteiger partial charge in [0.2, 0.25) is 0 Å². The molecule has 0 bridgehead atoms. The molecule has 2 rings (SSSR count). The minimum atomic E-state index is -0.204. The summed E-state index contributed by atoms with van der Waals surface area (Å²) in [5.41, 5.74) is 1.30. The molecule has 0 aromatic heterocycles. The lowest BCUT2D eigenvalue weighted by molar-refractivity contribution is -0.141. The van der Waals surface area contributed by atoms with Crippen LogP contribution in [-0.2, 0) is 9.53 Å². The molecule has 0 unspecified atom stereocenters. The summed E-state index contributed by atoms with van der Waals surface area (Å²) in [6, 6.07) is 15.0. The second-order valence-electron chi connectivity index (χ2n) is 5.28. The van der Waals surface area contributed by atoms with E-state index in [0.717, 1.165) is 19.3 Å². The van der Waals surface area contributed by atoms with Crippen molar-refractivity contribution < 1.29 is 9.53 Å². The Morgan fingerprint density at radius 1 is 1.19 bits per heavy atom. The van der Waals surface area contributed by atoms with Crippen LogP contribution in [0.4, 0.5) is 0 Å². The van der Waals surface area contributed by atoms with Crippen molar-refractivity contribution in [3.05, 3.63) is 60.7 Å². The second-order valence-corrected chi connectivity index (χ2v) is 5.28. The van der Waals surface area contributed by atoms with Gasteiger partial charge >= 0.3 is 5.97 Å². The minimum Gasteiger partial charge on any atom is -0.466 e. The van der Waals surface area contributed by atoms with E-state index in [1.165, 1.54) is 23.3 Å². The molecule has 1 atom stereocenters. The van der Waals surface area contributed by atoms with Crippen molar-refractivity contribution in [3.8, 4) is 0 Å². The zero-order valence-corrected chi connectivity index (χ0v) is 12.5. The third kappa shape index (κ3) is 4.45. The Kier molecular flexibility index (Phi) is 5.56. The summed E-state index contributed by atoms with van der Waals surface area (Å²) in [5, 5.41) is 2.53. The lowest BCUT2D eigenvalue weighted by Crippen LogP contribution is -2.01. The van der Waals surface area contributed by atoms with Crippen molar-refractivity contribution in [2.24, 2.45) is 0 Å². The Morgan fingerprint density at radius 2 is 1.95 bits per heavy atom. The molecular weight excluding hydrogens is 260 g/mol. The first-order chi connectivity index (χ1) is 10.2. The first kappa shape index (κ1) is 15.3. The number of esters is 1. The summed E-state index contributed by atoms with van der Waals surface area (Å²) >= 11 is 0. The predicted molar refractivity (Wildman–Crippen MR) is 87.4 cm³/mol. The summed E-state index contributed by atoms with van der Waals surface area (Å²) in [6.07, 6.45) is 4.97. The zero-order valence-electron chi connectivity index (χ0n) is 12.5. The molecule has 0 aliphatic carbocycles. The molecule has 0 spiro atoms. The van der Waals surface area contributed by atoms with E-state index in [-0.39, 0.29) is 5.97 Å². The smallest absolute Gasteiger partial charge is 0.302 e. The van der Waals surface area contributed by atoms with Gasteiger partial charge in [-0.1, -0.05) is 48.5 Å². The highest BCUT2D eigenvalue weighted by Gasteiger charge is 2.08. The third-order valence-corrected chi connectivity index (χ3v) is 3.70. The SMILES string of the molecule is C=C[C@H](CCCCOC(C)=O)c1ccc2ccccc2c1. The molecule has 2 nitrogen and oxygen atoms in total. The lowest BCUT2D eigenvalue weighted by atomic mass is 9.92. The molecule has 21 heavy (non-hydrogen) atoms. The molecular formula is C19H22O2. The van der Waals surface area contributed by atoms with Gasteiger partial charge in [0.1, 0.15) is 0 Å². The summed E-state index contributed by atoms with van der Waals surface area (Å²) in [6.45, 7) is 5.92. The normalized spacial score (nSPS) is 12.0. The fourth-order valence-electron chi connectivity index (χ4n) is 2.54. The summed E-state index contributed by atoms with van der Waals surface area (Å²) in [4.78, 5) is 10.7. The number of carbonyl (C=O) groups excluding carboxylic acids is 1. The minimum absolute atomic E-state index is 0.204. The van der Waals surface area contributed by atoms with E-state index in [1.807, 2.05) is 6.08 Å². The molecule has 2 aromatic carbocycles. The fraction of sp³-hybridized carbons (Fsp3) is 0.316. The van der Waals surface area contributed by atoms with E-state index in [2.05, 4.69) is 49.0 Å². The molecule has 0 fully saturated rings. The number of ether oxygens (including phenoxy) is 1. The van der Waals surface area contributed by atoms with Crippen LogP contribution in [0.1, 0.15) is 37.7 Å². The largest absolute Gasteiger partial charge is 0.466 e. The molecule has 0 amide bonds. The van der Waals surface area contributed by atoms with Crippen molar-refractivity contribution >= 4 is 16.7 Å². The van der Waals surface area contributed by atoms with E-state index in [4.69, 9.17) is 4.74 Å². The van der Waals surface area contributed by atoms with Gasteiger partial charge < -0.3 is 4.74 Å². The van der Waals surface area contributed by atoms with Crippen LogP contribution in [0.2, 0.25) is 0 Å². The van der Waals surface area contributed by atoms with Gasteiger partial charge in [-0.05, 0) is 35.6 Å². The maximum Gasteiger partial charge on any atom is 0.302 e. The van der Waals surface area contributed by atoms with Crippen LogP contribution in [0, 0.1) is 0 Å². The first-order valence-electron chi connectivity index (χ1n) is 7.45. The number of unbranched alkanes of at least 4 members (excludes halogenated alkanes) is 1. The Bertz CT molecular complexity index is 616. The van der Waals surface area contributed by atoms with Crippen LogP contribution < -0.4 is 0 Å². The van der Waals surface area contributed by atoms with Gasteiger partial charge in [-0.3, -0.25) is 4.79 Å². The maximum absolute atomic E-state index is 10.7. The van der Waals surface area contributed by atoms with Gasteiger partial charge in [0.25, 0.3) is 0 Å². The second kappa shape index (κ2) is 7.63. The number of fused-ring (bicyclic) bond motifs is 1. The quantitative estimate of drug-likeness (QED) is 0.412. The van der Waals surface area contributed by atoms with E-state index < -0.39 is 0 Å². The standard InChI is InChI=1S/C19H22O2/c1-3-16(8-6-7-13-21-15(2)20)19-12-11-17-9-4-5-10-18(17)14-19/h3-5,9-12,14,16H,1,6-8,13H2,2H3/t16-/m1/s1. The zero-order chi connectivity index (χ0) is 15.1. The molecule has 0 aliphatic rings. The van der Waals surface area contributed by atoms with Gasteiger partial charge in [-0.15, -0.1) is 6.58 Å². The van der Waals surface area contributed by atoms with Gasteiger partial charge in [0.15, 0.2) is 0 Å². The van der Waals surface area contributed by atoms with Crippen molar-refractivity contribution in [2.45, 2.75) is 32.1 Å². The van der Waals surface area contributed by atoms with Gasteiger partial charge in [0.05, 0.1) is 6.61 Å². The van der Waals surface area contributed by atoms with Crippen LogP contribution in [0.3, 0.4) is 0 Å². The molecule has 2 heteroatoms. The predicted octanol–water partition coefficient (Wildman–Crippen LogP) is 4.84. The van der Waals surface area contributed by atoms with E-state index >= 15 is 0 Å². The highest BCUT2D eigenvalue weighted by Crippen LogP contribution is 2.26. The molecule has 0 aliphatic heterocycles. The Morgan fingerprint density at radius 3 is 2.67 bits per heavy atom. The number of allylic oxidation sites excluding steroid dienone is 1. The molecule has 0 N–H and O–H groups in total. The van der Waals surface area contributed by atoms with Gasteiger partial charge in [0, 0.05) is 12.8 Å². The summed E-state index contributed by atoms with van der Waals surface area (Å²) in [5.74, 6) is 0.150. The van der Waals surface area contributed by atoms with E-state index in [0.29, 0.717) is 12.5 Å². The van der Waals surface area contributed by atoms with E-state index in [9.17, 15) is 4.79 Å². The van der Waals surface area contributed by atoms with Crippen LogP contribution in [0.15, 0.2) is 55.1 Å². The van der Waals surface area contributed by atoms with E-state index in [1.54, 1.807) is 0 Å². The molecule has 0 radical (unpaired) electrons. The number of carbonyl (C=O) groups is 1. The topological polar surface area (TPSA) is 26.3 Å². The Labute approximate surface area is 126 Å². The van der Waals surface area contributed by atoms with Crippen molar-refractivity contribution in [1.82, 2.24) is 0 Å². The molecule has 110 valence electrons. The fourth-order valence-corrected chi connectivity index (χ4v) is 2.54. The number of hydrogen-bond donors (Lipinski definition) is 0. The number of rotatable bonds is 7. The van der Waals surface area contributed by atoms with Crippen LogP contribution in [0.5, 0.6) is 0 Å². The van der Waals surface area contributed by atoms with Crippen molar-refractivity contribution in [3.63, 3.8) is 0 Å². The monoisotopic (exact) mass is 282 g/mol. The van der Waals surface area contributed by atoms with Crippen LogP contribution >= 0.6 is 0 Å². The first-order valence-corrected chi connectivity index (χ1v) is 7.45. The highest BCUT2D eigenvalue weighted by molar-refractivity contribution is 5.83. The van der Waals surface area contributed by atoms with Gasteiger partial charge in [-0.2, -0.15) is 0 Å². The van der Waals surface area contributed by atoms with Crippen LogP contribution in [0.25, 0.3) is 10.8 Å². The molecule has 0 saturated heterocycles. The summed E-state index contributed by atoms with van der Waals surface area (Å²) < 4.78 is 4.96. The van der Waals surface area contributed by atoms with Crippen molar-refractivity contribution in [2.75, 3.05) is 6.61 Å². The molecule has 2 aromatic rings. The Hall–Kier alpha value is -2.09. The van der Waals surface area contributed by atoms with Gasteiger partial charge in [-0.25, -0.2) is 0 Å². The Balaban J connectivity index is 1.95. The third-order valence-electron chi connectivity index (χ3n) is 3.70.